The van der Waals surface area contributed by atoms with E-state index in [1.165, 1.54) is 19.3 Å². The first-order valence-corrected chi connectivity index (χ1v) is 5.95. The van der Waals surface area contributed by atoms with Crippen molar-refractivity contribution in [3.63, 3.8) is 0 Å². The lowest BCUT2D eigenvalue weighted by molar-refractivity contribution is 0.376. The van der Waals surface area contributed by atoms with Gasteiger partial charge in [-0.15, -0.1) is 0 Å². The zero-order valence-electron chi connectivity index (χ0n) is 10.9. The van der Waals surface area contributed by atoms with E-state index in [2.05, 4.69) is 51.9 Å². The maximum Gasteiger partial charge on any atom is 0.0160 e. The third-order valence-electron chi connectivity index (χ3n) is 3.30. The molecule has 1 heteroatoms. The quantitative estimate of drug-likeness (QED) is 0.683. The molecule has 86 valence electrons. The molecule has 0 saturated carbocycles. The molecule has 0 saturated heterocycles. The van der Waals surface area contributed by atoms with Crippen LogP contribution in [0, 0.1) is 5.41 Å². The molecule has 0 fully saturated rings. The van der Waals surface area contributed by atoms with Crippen molar-refractivity contribution in [1.29, 1.82) is 0 Å². The van der Waals surface area contributed by atoms with Gasteiger partial charge in [-0.3, -0.25) is 0 Å². The maximum atomic E-state index is 2.37. The molecule has 0 amide bonds. The topological polar surface area (TPSA) is 3.24 Å². The lowest BCUT2D eigenvalue weighted by Gasteiger charge is -2.33. The van der Waals surface area contributed by atoms with Crippen LogP contribution in [0.2, 0.25) is 0 Å². The summed E-state index contributed by atoms with van der Waals surface area (Å²) in [4.78, 5) is 2.20. The molecule has 1 aliphatic rings. The van der Waals surface area contributed by atoms with Crippen molar-refractivity contribution in [3.8, 4) is 0 Å². The van der Waals surface area contributed by atoms with Gasteiger partial charge in [0.1, 0.15) is 0 Å². The Bertz CT molecular complexity index is 269. The standard InChI is InChI=1S/C14H25N/c1-12-8-6-10-14(2,3)13(12)9-7-11-15(4)5/h7,9H,6,8,10-11H2,1-5H3. The Morgan fingerprint density at radius 1 is 1.33 bits per heavy atom. The van der Waals surface area contributed by atoms with Crippen molar-refractivity contribution in [2.75, 3.05) is 20.6 Å². The van der Waals surface area contributed by atoms with Gasteiger partial charge in [0.05, 0.1) is 0 Å². The van der Waals surface area contributed by atoms with Gasteiger partial charge in [-0.2, -0.15) is 0 Å². The molecule has 1 nitrogen and oxygen atoms in total. The molecular weight excluding hydrogens is 182 g/mol. The van der Waals surface area contributed by atoms with Gasteiger partial charge in [-0.05, 0) is 51.3 Å². The molecule has 0 aromatic rings. The highest BCUT2D eigenvalue weighted by atomic mass is 15.0. The zero-order valence-corrected chi connectivity index (χ0v) is 10.9. The van der Waals surface area contributed by atoms with Crippen molar-refractivity contribution in [2.45, 2.75) is 40.0 Å². The molecule has 0 unspecified atom stereocenters. The molecule has 0 aromatic carbocycles. The monoisotopic (exact) mass is 207 g/mol. The van der Waals surface area contributed by atoms with Crippen molar-refractivity contribution in [3.05, 3.63) is 23.3 Å². The smallest absolute Gasteiger partial charge is 0.0160 e. The molecule has 1 rings (SSSR count). The van der Waals surface area contributed by atoms with Crippen LogP contribution in [0.15, 0.2) is 23.3 Å². The van der Waals surface area contributed by atoms with Gasteiger partial charge in [0.2, 0.25) is 0 Å². The predicted molar refractivity (Wildman–Crippen MR) is 68.0 cm³/mol. The van der Waals surface area contributed by atoms with E-state index in [0.29, 0.717) is 5.41 Å². The van der Waals surface area contributed by atoms with Gasteiger partial charge in [-0.25, -0.2) is 0 Å². The predicted octanol–water partition coefficient (Wildman–Crippen LogP) is 3.63. The summed E-state index contributed by atoms with van der Waals surface area (Å²) in [5.41, 5.74) is 3.53. The zero-order chi connectivity index (χ0) is 11.5. The Hall–Kier alpha value is -0.560. The Balaban J connectivity index is 2.76. The summed E-state index contributed by atoms with van der Waals surface area (Å²) >= 11 is 0. The summed E-state index contributed by atoms with van der Waals surface area (Å²) in [6.07, 6.45) is 8.58. The van der Waals surface area contributed by atoms with Gasteiger partial charge >= 0.3 is 0 Å². The van der Waals surface area contributed by atoms with Gasteiger partial charge in [0, 0.05) is 6.54 Å². The maximum absolute atomic E-state index is 2.37. The van der Waals surface area contributed by atoms with E-state index in [1.54, 1.807) is 11.1 Å². The molecule has 0 bridgehead atoms. The third kappa shape index (κ3) is 3.49. The SMILES string of the molecule is CC1=C(C=CCN(C)C)C(C)(C)CCC1. The molecule has 0 atom stereocenters. The fourth-order valence-corrected chi connectivity index (χ4v) is 2.39. The summed E-state index contributed by atoms with van der Waals surface area (Å²) in [5.74, 6) is 0. The van der Waals surface area contributed by atoms with Crippen LogP contribution in [-0.4, -0.2) is 25.5 Å². The normalized spacial score (nSPS) is 21.7. The van der Waals surface area contributed by atoms with Crippen LogP contribution < -0.4 is 0 Å². The van der Waals surface area contributed by atoms with Crippen LogP contribution in [0.4, 0.5) is 0 Å². The molecule has 0 N–H and O–H groups in total. The van der Waals surface area contributed by atoms with Crippen LogP contribution in [0.5, 0.6) is 0 Å². The highest BCUT2D eigenvalue weighted by Gasteiger charge is 2.26. The molecule has 0 aromatic heterocycles. The van der Waals surface area contributed by atoms with Crippen molar-refractivity contribution in [2.24, 2.45) is 5.41 Å². The van der Waals surface area contributed by atoms with Crippen LogP contribution in [0.3, 0.4) is 0 Å². The fraction of sp³-hybridized carbons (Fsp3) is 0.714. The lowest BCUT2D eigenvalue weighted by atomic mass is 9.73. The van der Waals surface area contributed by atoms with E-state index in [9.17, 15) is 0 Å². The minimum absolute atomic E-state index is 0.380. The van der Waals surface area contributed by atoms with Crippen molar-refractivity contribution in [1.82, 2.24) is 4.90 Å². The summed E-state index contributed by atoms with van der Waals surface area (Å²) in [6, 6.07) is 0. The van der Waals surface area contributed by atoms with Gasteiger partial charge in [-0.1, -0.05) is 31.6 Å². The van der Waals surface area contributed by atoms with Gasteiger partial charge in [0.15, 0.2) is 0 Å². The number of nitrogens with zero attached hydrogens (tertiary/aromatic N) is 1. The average Bonchev–Trinajstić information content (AvgIpc) is 2.09. The Labute approximate surface area is 94.9 Å². The third-order valence-corrected chi connectivity index (χ3v) is 3.30. The van der Waals surface area contributed by atoms with Crippen molar-refractivity contribution >= 4 is 0 Å². The summed E-state index contributed by atoms with van der Waals surface area (Å²) in [7, 11) is 4.22. The van der Waals surface area contributed by atoms with E-state index in [0.717, 1.165) is 6.54 Å². The van der Waals surface area contributed by atoms with E-state index >= 15 is 0 Å². The number of hydrogen-bond acceptors (Lipinski definition) is 1. The highest BCUT2D eigenvalue weighted by Crippen LogP contribution is 2.40. The Kier molecular flexibility index (Phi) is 4.15. The van der Waals surface area contributed by atoms with Crippen LogP contribution in [0.1, 0.15) is 40.0 Å². The summed E-state index contributed by atoms with van der Waals surface area (Å²) < 4.78 is 0. The molecular formula is C14H25N. The lowest BCUT2D eigenvalue weighted by Crippen LogP contribution is -2.19. The molecule has 0 spiro atoms. The highest BCUT2D eigenvalue weighted by molar-refractivity contribution is 5.32. The molecule has 0 radical (unpaired) electrons. The summed E-state index contributed by atoms with van der Waals surface area (Å²) in [6.45, 7) is 8.05. The van der Waals surface area contributed by atoms with Crippen LogP contribution in [0.25, 0.3) is 0 Å². The van der Waals surface area contributed by atoms with Crippen LogP contribution in [-0.2, 0) is 0 Å². The van der Waals surface area contributed by atoms with Gasteiger partial charge in [0.25, 0.3) is 0 Å². The largest absolute Gasteiger partial charge is 0.306 e. The average molecular weight is 207 g/mol. The number of hydrogen-bond donors (Lipinski definition) is 0. The number of likely N-dealkylation sites (N-methyl/N-ethyl adjacent to an activating group) is 1. The minimum atomic E-state index is 0.380. The second-order valence-electron chi connectivity index (χ2n) is 5.60. The summed E-state index contributed by atoms with van der Waals surface area (Å²) in [5, 5.41) is 0. The fourth-order valence-electron chi connectivity index (χ4n) is 2.39. The second kappa shape index (κ2) is 4.98. The van der Waals surface area contributed by atoms with Gasteiger partial charge < -0.3 is 4.90 Å². The first-order valence-electron chi connectivity index (χ1n) is 5.95. The first-order chi connectivity index (χ1) is 6.93. The van der Waals surface area contributed by atoms with E-state index < -0.39 is 0 Å². The van der Waals surface area contributed by atoms with E-state index in [1.807, 2.05) is 0 Å². The molecule has 1 aliphatic carbocycles. The van der Waals surface area contributed by atoms with E-state index in [4.69, 9.17) is 0 Å². The number of allylic oxidation sites excluding steroid dienone is 3. The Morgan fingerprint density at radius 3 is 2.53 bits per heavy atom. The van der Waals surface area contributed by atoms with Crippen molar-refractivity contribution < 1.29 is 0 Å². The molecule has 15 heavy (non-hydrogen) atoms. The Morgan fingerprint density at radius 2 is 2.00 bits per heavy atom. The van der Waals surface area contributed by atoms with Crippen LogP contribution >= 0.6 is 0 Å². The first kappa shape index (κ1) is 12.5. The minimum Gasteiger partial charge on any atom is -0.306 e. The van der Waals surface area contributed by atoms with E-state index in [-0.39, 0.29) is 0 Å². The molecule has 0 aliphatic heterocycles. The second-order valence-corrected chi connectivity index (χ2v) is 5.60. The number of rotatable bonds is 3. The molecule has 0 heterocycles.